The standard InChI is InChI=1S/C22H22N2O5/c1-13(2)15-4-6-16(7-5-15)22(27)24-23-20(25)12-28-17-8-9-18-14(3)10-21(26)29-19(18)11-17/h4-11,13H,12H2,1-3H3,(H,23,25)(H,24,27). The van der Waals surface area contributed by atoms with Gasteiger partial charge in [0.05, 0.1) is 0 Å². The molecule has 1 aromatic heterocycles. The van der Waals surface area contributed by atoms with Crippen LogP contribution in [-0.2, 0) is 4.79 Å². The molecule has 2 aromatic carbocycles. The molecule has 0 saturated carbocycles. The molecule has 0 atom stereocenters. The van der Waals surface area contributed by atoms with E-state index in [0.29, 0.717) is 22.8 Å². The van der Waals surface area contributed by atoms with E-state index >= 15 is 0 Å². The van der Waals surface area contributed by atoms with Crippen molar-refractivity contribution in [3.63, 3.8) is 0 Å². The van der Waals surface area contributed by atoms with Gasteiger partial charge in [0, 0.05) is 23.1 Å². The summed E-state index contributed by atoms with van der Waals surface area (Å²) in [7, 11) is 0. The summed E-state index contributed by atoms with van der Waals surface area (Å²) in [4.78, 5) is 35.5. The first-order chi connectivity index (χ1) is 13.8. The van der Waals surface area contributed by atoms with Gasteiger partial charge in [-0.3, -0.25) is 20.4 Å². The van der Waals surface area contributed by atoms with Gasteiger partial charge in [0.1, 0.15) is 11.3 Å². The van der Waals surface area contributed by atoms with Gasteiger partial charge < -0.3 is 9.15 Å². The fourth-order valence-electron chi connectivity index (χ4n) is 2.80. The van der Waals surface area contributed by atoms with Gasteiger partial charge in [0.2, 0.25) is 0 Å². The first-order valence-electron chi connectivity index (χ1n) is 9.20. The van der Waals surface area contributed by atoms with Crippen LogP contribution in [-0.4, -0.2) is 18.4 Å². The van der Waals surface area contributed by atoms with E-state index < -0.39 is 17.4 Å². The molecule has 0 spiro atoms. The maximum atomic E-state index is 12.1. The lowest BCUT2D eigenvalue weighted by Crippen LogP contribution is -2.43. The van der Waals surface area contributed by atoms with E-state index in [9.17, 15) is 14.4 Å². The third kappa shape index (κ3) is 5.01. The third-order valence-corrected chi connectivity index (χ3v) is 4.45. The summed E-state index contributed by atoms with van der Waals surface area (Å²) in [5.41, 5.74) is 6.95. The minimum Gasteiger partial charge on any atom is -0.484 e. The Labute approximate surface area is 167 Å². The number of carbonyl (C=O) groups is 2. The molecule has 29 heavy (non-hydrogen) atoms. The molecule has 0 aliphatic heterocycles. The average Bonchev–Trinajstić information content (AvgIpc) is 2.70. The van der Waals surface area contributed by atoms with E-state index in [2.05, 4.69) is 24.7 Å². The van der Waals surface area contributed by atoms with Gasteiger partial charge in [-0.05, 0) is 48.2 Å². The number of hydrogen-bond donors (Lipinski definition) is 2. The summed E-state index contributed by atoms with van der Waals surface area (Å²) in [6, 6.07) is 13.6. The van der Waals surface area contributed by atoms with Gasteiger partial charge in [-0.2, -0.15) is 0 Å². The minimum atomic E-state index is -0.525. The maximum Gasteiger partial charge on any atom is 0.336 e. The Hall–Kier alpha value is -3.61. The van der Waals surface area contributed by atoms with Crippen molar-refractivity contribution in [3.05, 3.63) is 75.6 Å². The molecule has 0 bridgehead atoms. The molecule has 0 aliphatic rings. The molecule has 7 nitrogen and oxygen atoms in total. The molecule has 0 saturated heterocycles. The lowest BCUT2D eigenvalue weighted by atomic mass is 10.0. The molecule has 0 unspecified atom stereocenters. The number of rotatable bonds is 5. The van der Waals surface area contributed by atoms with Crippen molar-refractivity contribution in [1.29, 1.82) is 0 Å². The van der Waals surface area contributed by atoms with Crippen molar-refractivity contribution >= 4 is 22.8 Å². The number of benzene rings is 2. The van der Waals surface area contributed by atoms with Gasteiger partial charge in [0.25, 0.3) is 11.8 Å². The fourth-order valence-corrected chi connectivity index (χ4v) is 2.80. The predicted molar refractivity (Wildman–Crippen MR) is 109 cm³/mol. The van der Waals surface area contributed by atoms with E-state index in [1.54, 1.807) is 30.3 Å². The molecule has 0 aliphatic carbocycles. The summed E-state index contributed by atoms with van der Waals surface area (Å²) in [6.07, 6.45) is 0. The monoisotopic (exact) mass is 394 g/mol. The molecule has 150 valence electrons. The number of aryl methyl sites for hydroxylation is 1. The molecule has 0 radical (unpaired) electrons. The number of amides is 2. The molecular formula is C22H22N2O5. The van der Waals surface area contributed by atoms with Crippen molar-refractivity contribution in [1.82, 2.24) is 10.9 Å². The van der Waals surface area contributed by atoms with Gasteiger partial charge >= 0.3 is 5.63 Å². The van der Waals surface area contributed by atoms with Crippen LogP contribution in [0.3, 0.4) is 0 Å². The number of hydrazine groups is 1. The number of carbonyl (C=O) groups excluding carboxylic acids is 2. The Kier molecular flexibility index (Phi) is 5.97. The van der Waals surface area contributed by atoms with Gasteiger partial charge in [0.15, 0.2) is 6.61 Å². The van der Waals surface area contributed by atoms with Crippen LogP contribution in [0.15, 0.2) is 57.7 Å². The quantitative estimate of drug-likeness (QED) is 0.512. The maximum absolute atomic E-state index is 12.1. The van der Waals surface area contributed by atoms with Crippen LogP contribution >= 0.6 is 0 Å². The van der Waals surface area contributed by atoms with E-state index in [1.807, 2.05) is 19.1 Å². The van der Waals surface area contributed by atoms with Gasteiger partial charge in [-0.1, -0.05) is 26.0 Å². The Balaban J connectivity index is 1.54. The third-order valence-electron chi connectivity index (χ3n) is 4.45. The molecular weight excluding hydrogens is 372 g/mol. The highest BCUT2D eigenvalue weighted by Crippen LogP contribution is 2.22. The van der Waals surface area contributed by atoms with E-state index in [-0.39, 0.29) is 6.61 Å². The normalized spacial score (nSPS) is 10.8. The molecule has 3 rings (SSSR count). The zero-order chi connectivity index (χ0) is 21.0. The van der Waals surface area contributed by atoms with Crippen LogP contribution in [0.1, 0.15) is 41.3 Å². The molecule has 3 aromatic rings. The number of nitrogens with one attached hydrogen (secondary N) is 2. The second-order valence-electron chi connectivity index (χ2n) is 6.97. The van der Waals surface area contributed by atoms with Crippen molar-refractivity contribution in [2.24, 2.45) is 0 Å². The molecule has 1 heterocycles. The Morgan fingerprint density at radius 1 is 1.03 bits per heavy atom. The van der Waals surface area contributed by atoms with Crippen LogP contribution in [0.2, 0.25) is 0 Å². The number of ether oxygens (including phenoxy) is 1. The average molecular weight is 394 g/mol. The highest BCUT2D eigenvalue weighted by atomic mass is 16.5. The minimum absolute atomic E-state index is 0.311. The van der Waals surface area contributed by atoms with Crippen molar-refractivity contribution < 1.29 is 18.7 Å². The zero-order valence-electron chi connectivity index (χ0n) is 16.4. The Morgan fingerprint density at radius 2 is 1.76 bits per heavy atom. The predicted octanol–water partition coefficient (Wildman–Crippen LogP) is 3.06. The first-order valence-corrected chi connectivity index (χ1v) is 9.20. The van der Waals surface area contributed by atoms with Crippen LogP contribution < -0.4 is 21.2 Å². The van der Waals surface area contributed by atoms with Gasteiger partial charge in [-0.25, -0.2) is 4.79 Å². The molecule has 2 amide bonds. The van der Waals surface area contributed by atoms with Gasteiger partial charge in [-0.15, -0.1) is 0 Å². The SMILES string of the molecule is Cc1cc(=O)oc2cc(OCC(=O)NNC(=O)c3ccc(C(C)C)cc3)ccc12. The van der Waals surface area contributed by atoms with E-state index in [0.717, 1.165) is 16.5 Å². The van der Waals surface area contributed by atoms with Crippen molar-refractivity contribution in [2.45, 2.75) is 26.7 Å². The highest BCUT2D eigenvalue weighted by molar-refractivity contribution is 5.95. The lowest BCUT2D eigenvalue weighted by Gasteiger charge is -2.10. The lowest BCUT2D eigenvalue weighted by molar-refractivity contribution is -0.123. The largest absolute Gasteiger partial charge is 0.484 e. The molecule has 0 fully saturated rings. The second-order valence-corrected chi connectivity index (χ2v) is 6.97. The Morgan fingerprint density at radius 3 is 2.45 bits per heavy atom. The summed E-state index contributed by atoms with van der Waals surface area (Å²) in [6.45, 7) is 5.64. The summed E-state index contributed by atoms with van der Waals surface area (Å²) in [5.74, 6) is -0.201. The smallest absolute Gasteiger partial charge is 0.336 e. The second kappa shape index (κ2) is 8.60. The van der Waals surface area contributed by atoms with Crippen molar-refractivity contribution in [3.8, 4) is 5.75 Å². The van der Waals surface area contributed by atoms with E-state index in [1.165, 1.54) is 6.07 Å². The summed E-state index contributed by atoms with van der Waals surface area (Å²) < 4.78 is 10.6. The summed E-state index contributed by atoms with van der Waals surface area (Å²) >= 11 is 0. The number of fused-ring (bicyclic) bond motifs is 1. The molecule has 7 heteroatoms. The van der Waals surface area contributed by atoms with Crippen LogP contribution in [0.25, 0.3) is 11.0 Å². The zero-order valence-corrected chi connectivity index (χ0v) is 16.4. The topological polar surface area (TPSA) is 97.6 Å². The number of hydrogen-bond acceptors (Lipinski definition) is 5. The van der Waals surface area contributed by atoms with Crippen molar-refractivity contribution in [2.75, 3.05) is 6.61 Å². The van der Waals surface area contributed by atoms with Crippen LogP contribution in [0.5, 0.6) is 5.75 Å². The Bertz CT molecular complexity index is 1100. The van der Waals surface area contributed by atoms with Crippen LogP contribution in [0, 0.1) is 6.92 Å². The molecule has 2 N–H and O–H groups in total. The highest BCUT2D eigenvalue weighted by Gasteiger charge is 2.10. The van der Waals surface area contributed by atoms with Crippen LogP contribution in [0.4, 0.5) is 0 Å². The first kappa shape index (κ1) is 20.1. The van der Waals surface area contributed by atoms with E-state index in [4.69, 9.17) is 9.15 Å². The fraction of sp³-hybridized carbons (Fsp3) is 0.227. The summed E-state index contributed by atoms with van der Waals surface area (Å²) in [5, 5.41) is 0.789.